The Balaban J connectivity index is 1.84. The highest BCUT2D eigenvalue weighted by molar-refractivity contribution is 5.97. The number of anilines is 6. The Hall–Kier alpha value is -3.94. The Morgan fingerprint density at radius 3 is 1.39 bits per heavy atom. The van der Waals surface area contributed by atoms with E-state index in [1.807, 2.05) is 36.4 Å². The molecule has 4 aromatic rings. The Morgan fingerprint density at radius 1 is 0.571 bits per heavy atom. The van der Waals surface area contributed by atoms with Gasteiger partial charge in [0.2, 0.25) is 0 Å². The van der Waals surface area contributed by atoms with Crippen molar-refractivity contribution in [2.45, 2.75) is 0 Å². The number of halogens is 2. The first-order valence-electron chi connectivity index (χ1n) is 8.48. The molecule has 0 N–H and O–H groups in total. The fourth-order valence-corrected chi connectivity index (χ4v) is 3.18. The summed E-state index contributed by atoms with van der Waals surface area (Å²) in [6.07, 6.45) is 3.24. The number of para-hydroxylation sites is 2. The Kier molecular flexibility index (Phi) is 3.68. The second-order valence-electron chi connectivity index (χ2n) is 5.99. The van der Waals surface area contributed by atoms with E-state index in [2.05, 4.69) is 19.9 Å². The van der Waals surface area contributed by atoms with Gasteiger partial charge in [-0.1, -0.05) is 24.3 Å². The van der Waals surface area contributed by atoms with Crippen molar-refractivity contribution in [2.24, 2.45) is 0 Å². The van der Waals surface area contributed by atoms with Crippen LogP contribution in [-0.2, 0) is 0 Å². The largest absolute Gasteiger partial charge is 0.274 e. The lowest BCUT2D eigenvalue weighted by Gasteiger charge is -2.37. The maximum absolute atomic E-state index is 14.1. The van der Waals surface area contributed by atoms with E-state index in [4.69, 9.17) is 0 Å². The fourth-order valence-electron chi connectivity index (χ4n) is 3.18. The predicted octanol–water partition coefficient (Wildman–Crippen LogP) is 4.80. The van der Waals surface area contributed by atoms with Crippen LogP contribution in [0, 0.1) is 11.9 Å². The first kappa shape index (κ1) is 16.2. The lowest BCUT2D eigenvalue weighted by molar-refractivity contribution is 0.453. The van der Waals surface area contributed by atoms with E-state index in [0.717, 1.165) is 0 Å². The highest BCUT2D eigenvalue weighted by Gasteiger charge is 2.35. The van der Waals surface area contributed by atoms with Crippen LogP contribution in [0.25, 0.3) is 0 Å². The van der Waals surface area contributed by atoms with Crippen LogP contribution in [0.3, 0.4) is 0 Å². The average molecular weight is 374 g/mol. The molecule has 0 amide bonds. The molecule has 0 fully saturated rings. The summed E-state index contributed by atoms with van der Waals surface area (Å²) in [7, 11) is 0. The molecule has 1 aliphatic heterocycles. The summed E-state index contributed by atoms with van der Waals surface area (Å²) < 4.78 is 28.1. The number of benzene rings is 1. The number of aromatic nitrogens is 4. The number of hydrogen-bond donors (Lipinski definition) is 0. The second-order valence-corrected chi connectivity index (χ2v) is 5.99. The number of rotatable bonds is 2. The molecule has 28 heavy (non-hydrogen) atoms. The highest BCUT2D eigenvalue weighted by atomic mass is 19.2. The molecule has 0 bridgehead atoms. The molecule has 136 valence electrons. The monoisotopic (exact) mass is 374 g/mol. The van der Waals surface area contributed by atoms with Crippen molar-refractivity contribution >= 4 is 34.6 Å². The van der Waals surface area contributed by atoms with Gasteiger partial charge < -0.3 is 0 Å². The fraction of sp³-hybridized carbons (Fsp3) is 0. The van der Waals surface area contributed by atoms with E-state index in [0.29, 0.717) is 23.0 Å². The van der Waals surface area contributed by atoms with Gasteiger partial charge in [0.05, 0.1) is 11.4 Å². The summed E-state index contributed by atoms with van der Waals surface area (Å²) >= 11 is 0. The smallest absolute Gasteiger partial charge is 0.270 e. The van der Waals surface area contributed by atoms with Crippen LogP contribution in [0.15, 0.2) is 73.1 Å². The van der Waals surface area contributed by atoms with Crippen molar-refractivity contribution in [3.8, 4) is 0 Å². The van der Waals surface area contributed by atoms with Crippen molar-refractivity contribution < 1.29 is 8.78 Å². The quantitative estimate of drug-likeness (QED) is 0.442. The van der Waals surface area contributed by atoms with E-state index >= 15 is 0 Å². The van der Waals surface area contributed by atoms with Gasteiger partial charge in [-0.25, -0.2) is 9.97 Å². The standard InChI is InChI=1S/C20H12F2N6/c21-17-18(22)26-20-19(25-17)27(15-9-3-5-11-23-15)13-7-1-2-8-14(13)28(20)16-10-4-6-12-24-16/h1-12H. The minimum Gasteiger partial charge on any atom is -0.274 e. The number of fused-ring (bicyclic) bond motifs is 2. The normalized spacial score (nSPS) is 12.5. The van der Waals surface area contributed by atoms with Gasteiger partial charge in [0.1, 0.15) is 11.6 Å². The molecule has 8 heteroatoms. The van der Waals surface area contributed by atoms with E-state index in [9.17, 15) is 8.78 Å². The second kappa shape index (κ2) is 6.34. The number of pyridine rings is 2. The third-order valence-corrected chi connectivity index (χ3v) is 4.32. The molecular weight excluding hydrogens is 362 g/mol. The molecule has 3 aromatic heterocycles. The molecule has 5 rings (SSSR count). The Bertz CT molecular complexity index is 1060. The van der Waals surface area contributed by atoms with Gasteiger partial charge in [0.25, 0.3) is 11.9 Å². The lowest BCUT2D eigenvalue weighted by atomic mass is 10.1. The van der Waals surface area contributed by atoms with Crippen molar-refractivity contribution in [1.29, 1.82) is 0 Å². The maximum Gasteiger partial charge on any atom is 0.270 e. The van der Waals surface area contributed by atoms with Gasteiger partial charge >= 0.3 is 0 Å². The van der Waals surface area contributed by atoms with Crippen LogP contribution in [-0.4, -0.2) is 19.9 Å². The Labute approximate surface area is 158 Å². The van der Waals surface area contributed by atoms with Gasteiger partial charge in [-0.15, -0.1) is 0 Å². The zero-order valence-corrected chi connectivity index (χ0v) is 14.4. The van der Waals surface area contributed by atoms with Crippen molar-refractivity contribution in [3.05, 3.63) is 85.0 Å². The van der Waals surface area contributed by atoms with E-state index in [-0.39, 0.29) is 11.6 Å². The molecule has 4 heterocycles. The molecule has 0 atom stereocenters. The molecule has 0 saturated heterocycles. The van der Waals surface area contributed by atoms with Crippen molar-refractivity contribution in [3.63, 3.8) is 0 Å². The van der Waals surface area contributed by atoms with Crippen LogP contribution >= 0.6 is 0 Å². The SMILES string of the molecule is Fc1nc2c(nc1F)N(c1ccccn1)c1ccccc1N2c1ccccn1. The predicted molar refractivity (Wildman–Crippen MR) is 100 cm³/mol. The molecule has 0 unspecified atom stereocenters. The van der Waals surface area contributed by atoms with E-state index in [1.165, 1.54) is 0 Å². The lowest BCUT2D eigenvalue weighted by Crippen LogP contribution is -2.27. The van der Waals surface area contributed by atoms with Gasteiger partial charge in [-0.3, -0.25) is 9.80 Å². The minimum atomic E-state index is -1.28. The summed E-state index contributed by atoms with van der Waals surface area (Å²) in [5.74, 6) is -1.28. The van der Waals surface area contributed by atoms with Crippen LogP contribution in [0.5, 0.6) is 0 Å². The third kappa shape index (κ3) is 2.46. The molecule has 0 spiro atoms. The van der Waals surface area contributed by atoms with Crippen molar-refractivity contribution in [1.82, 2.24) is 19.9 Å². The van der Waals surface area contributed by atoms with Gasteiger partial charge in [-0.05, 0) is 36.4 Å². The molecule has 0 radical (unpaired) electrons. The maximum atomic E-state index is 14.1. The highest BCUT2D eigenvalue weighted by Crippen LogP contribution is 2.51. The zero-order chi connectivity index (χ0) is 19.1. The van der Waals surface area contributed by atoms with Crippen LogP contribution in [0.2, 0.25) is 0 Å². The summed E-state index contributed by atoms with van der Waals surface area (Å²) in [5, 5.41) is 0. The first-order valence-corrected chi connectivity index (χ1v) is 8.48. The first-order chi connectivity index (χ1) is 13.7. The van der Waals surface area contributed by atoms with Crippen LogP contribution < -0.4 is 9.80 Å². The summed E-state index contributed by atoms with van der Waals surface area (Å²) in [6, 6.07) is 18.1. The van der Waals surface area contributed by atoms with Crippen LogP contribution in [0.4, 0.5) is 43.4 Å². The number of hydrogen-bond acceptors (Lipinski definition) is 6. The summed E-state index contributed by atoms with van der Waals surface area (Å²) in [5.41, 5.74) is 1.39. The zero-order valence-electron chi connectivity index (χ0n) is 14.4. The van der Waals surface area contributed by atoms with Crippen molar-refractivity contribution in [2.75, 3.05) is 9.80 Å². The molecule has 1 aromatic carbocycles. The minimum absolute atomic E-state index is 0.127. The average Bonchev–Trinajstić information content (AvgIpc) is 2.74. The molecule has 1 aliphatic rings. The van der Waals surface area contributed by atoms with Crippen LogP contribution in [0.1, 0.15) is 0 Å². The summed E-state index contributed by atoms with van der Waals surface area (Å²) in [4.78, 5) is 19.7. The van der Waals surface area contributed by atoms with Gasteiger partial charge in [-0.2, -0.15) is 18.7 Å². The Morgan fingerprint density at radius 2 is 1.00 bits per heavy atom. The van der Waals surface area contributed by atoms with Gasteiger partial charge in [0, 0.05) is 12.4 Å². The van der Waals surface area contributed by atoms with Gasteiger partial charge in [0.15, 0.2) is 11.6 Å². The molecule has 6 nitrogen and oxygen atoms in total. The summed E-state index contributed by atoms with van der Waals surface area (Å²) in [6.45, 7) is 0. The molecule has 0 aliphatic carbocycles. The molecular formula is C20H12F2N6. The number of nitrogens with zero attached hydrogens (tertiary/aromatic N) is 6. The molecule has 0 saturated carbocycles. The van der Waals surface area contributed by atoms with E-state index in [1.54, 1.807) is 46.5 Å². The third-order valence-electron chi connectivity index (χ3n) is 4.32. The van der Waals surface area contributed by atoms with E-state index < -0.39 is 11.9 Å². The topological polar surface area (TPSA) is 58.0 Å².